The molecular weight excluding hydrogens is 409 g/mol. The van der Waals surface area contributed by atoms with Crippen LogP contribution in [0, 0.1) is 17.7 Å². The Morgan fingerprint density at radius 2 is 1.91 bits per heavy atom. The van der Waals surface area contributed by atoms with Crippen LogP contribution < -0.4 is 15.1 Å². The molecule has 2 aromatic carbocycles. The van der Waals surface area contributed by atoms with E-state index in [1.807, 2.05) is 23.1 Å². The first-order chi connectivity index (χ1) is 15.5. The molecule has 1 aliphatic carbocycles. The molecule has 0 spiro atoms. The number of nitrogens with one attached hydrogen (secondary N) is 1. The minimum Gasteiger partial charge on any atom is -0.352 e. The van der Waals surface area contributed by atoms with Gasteiger partial charge in [0.25, 0.3) is 0 Å². The lowest BCUT2D eigenvalue weighted by atomic mass is 9.84. The maximum Gasteiger partial charge on any atom is 0.230 e. The van der Waals surface area contributed by atoms with Gasteiger partial charge in [0.05, 0.1) is 5.92 Å². The van der Waals surface area contributed by atoms with Gasteiger partial charge in [-0.25, -0.2) is 4.39 Å². The summed E-state index contributed by atoms with van der Waals surface area (Å²) in [5, 5.41) is 2.75. The Labute approximate surface area is 186 Å². The Hall–Kier alpha value is -3.22. The van der Waals surface area contributed by atoms with Gasteiger partial charge in [0.1, 0.15) is 5.82 Å². The number of amides is 3. The van der Waals surface area contributed by atoms with Crippen LogP contribution in [0.4, 0.5) is 15.8 Å². The van der Waals surface area contributed by atoms with Crippen molar-refractivity contribution in [3.63, 3.8) is 0 Å². The monoisotopic (exact) mass is 435 g/mol. The molecule has 166 valence electrons. The number of carbonyl (C=O) groups is 3. The van der Waals surface area contributed by atoms with E-state index in [1.54, 1.807) is 23.1 Å². The molecule has 0 radical (unpaired) electrons. The fourth-order valence-electron chi connectivity index (χ4n) is 4.76. The second-order valence-corrected chi connectivity index (χ2v) is 8.90. The van der Waals surface area contributed by atoms with Crippen molar-refractivity contribution in [3.05, 3.63) is 59.4 Å². The van der Waals surface area contributed by atoms with E-state index in [-0.39, 0.29) is 42.4 Å². The molecule has 0 unspecified atom stereocenters. The SMILES string of the molecule is O=C(NCc1ccccc1F)[C@H]1CC(=O)N(c2ccc3c(c2)CCN3C(=O)C2CCC2)C1. The lowest BCUT2D eigenvalue weighted by Gasteiger charge is -2.29. The molecule has 3 aliphatic rings. The summed E-state index contributed by atoms with van der Waals surface area (Å²) in [6, 6.07) is 12.1. The van der Waals surface area contributed by atoms with Crippen molar-refractivity contribution >= 4 is 29.1 Å². The number of benzene rings is 2. The minimum atomic E-state index is -0.473. The predicted octanol–water partition coefficient (Wildman–Crippen LogP) is 3.18. The zero-order chi connectivity index (χ0) is 22.2. The lowest BCUT2D eigenvalue weighted by Crippen LogP contribution is -2.37. The Morgan fingerprint density at radius 3 is 2.66 bits per heavy atom. The van der Waals surface area contributed by atoms with Crippen LogP contribution in [0.5, 0.6) is 0 Å². The average Bonchev–Trinajstić information content (AvgIpc) is 3.34. The molecular formula is C25H26FN3O3. The van der Waals surface area contributed by atoms with Crippen LogP contribution in [0.2, 0.25) is 0 Å². The highest BCUT2D eigenvalue weighted by molar-refractivity contribution is 6.01. The molecule has 6 nitrogen and oxygen atoms in total. The number of carbonyl (C=O) groups excluding carboxylic acids is 3. The van der Waals surface area contributed by atoms with Crippen molar-refractivity contribution in [2.24, 2.45) is 11.8 Å². The molecule has 0 aromatic heterocycles. The third kappa shape index (κ3) is 3.76. The number of hydrogen-bond donors (Lipinski definition) is 1. The number of halogens is 1. The van der Waals surface area contributed by atoms with Crippen LogP contribution in [0.15, 0.2) is 42.5 Å². The molecule has 3 amide bonds. The van der Waals surface area contributed by atoms with Gasteiger partial charge in [0.15, 0.2) is 0 Å². The molecule has 2 fully saturated rings. The van der Waals surface area contributed by atoms with Crippen molar-refractivity contribution in [3.8, 4) is 0 Å². The summed E-state index contributed by atoms with van der Waals surface area (Å²) in [4.78, 5) is 41.5. The molecule has 1 atom stereocenters. The van der Waals surface area contributed by atoms with E-state index in [9.17, 15) is 18.8 Å². The van der Waals surface area contributed by atoms with Crippen molar-refractivity contribution in [2.45, 2.75) is 38.6 Å². The number of hydrogen-bond acceptors (Lipinski definition) is 3. The van der Waals surface area contributed by atoms with Crippen molar-refractivity contribution in [1.82, 2.24) is 5.32 Å². The van der Waals surface area contributed by atoms with Crippen LogP contribution in [0.1, 0.15) is 36.8 Å². The van der Waals surface area contributed by atoms with Gasteiger partial charge < -0.3 is 15.1 Å². The van der Waals surface area contributed by atoms with E-state index in [4.69, 9.17) is 0 Å². The lowest BCUT2D eigenvalue weighted by molar-refractivity contribution is -0.126. The van der Waals surface area contributed by atoms with Crippen LogP contribution in [0.3, 0.4) is 0 Å². The maximum absolute atomic E-state index is 13.8. The van der Waals surface area contributed by atoms with Gasteiger partial charge in [-0.2, -0.15) is 0 Å². The van der Waals surface area contributed by atoms with Gasteiger partial charge in [-0.1, -0.05) is 24.6 Å². The average molecular weight is 435 g/mol. The largest absolute Gasteiger partial charge is 0.352 e. The molecule has 7 heteroatoms. The quantitative estimate of drug-likeness (QED) is 0.784. The molecule has 1 saturated carbocycles. The second kappa shape index (κ2) is 8.37. The van der Waals surface area contributed by atoms with Crippen LogP contribution >= 0.6 is 0 Å². The van der Waals surface area contributed by atoms with Crippen LogP contribution in [0.25, 0.3) is 0 Å². The van der Waals surface area contributed by atoms with Gasteiger partial charge in [0, 0.05) is 48.9 Å². The maximum atomic E-state index is 13.8. The van der Waals surface area contributed by atoms with Crippen molar-refractivity contribution in [2.75, 3.05) is 22.9 Å². The fourth-order valence-corrected chi connectivity index (χ4v) is 4.76. The summed E-state index contributed by atoms with van der Waals surface area (Å²) in [5.74, 6) is -0.811. The van der Waals surface area contributed by atoms with E-state index in [0.29, 0.717) is 18.7 Å². The minimum absolute atomic E-state index is 0.0971. The first-order valence-corrected chi connectivity index (χ1v) is 11.3. The third-order valence-corrected chi connectivity index (χ3v) is 6.90. The molecule has 32 heavy (non-hydrogen) atoms. The summed E-state index contributed by atoms with van der Waals surface area (Å²) < 4.78 is 13.8. The van der Waals surface area contributed by atoms with Gasteiger partial charge in [-0.05, 0) is 49.1 Å². The number of anilines is 2. The van der Waals surface area contributed by atoms with E-state index in [2.05, 4.69) is 5.32 Å². The van der Waals surface area contributed by atoms with Crippen molar-refractivity contribution < 1.29 is 18.8 Å². The highest BCUT2D eigenvalue weighted by Gasteiger charge is 2.37. The summed E-state index contributed by atoms with van der Waals surface area (Å²) in [6.45, 7) is 1.08. The zero-order valence-corrected chi connectivity index (χ0v) is 17.9. The second-order valence-electron chi connectivity index (χ2n) is 8.90. The van der Waals surface area contributed by atoms with Gasteiger partial charge in [0.2, 0.25) is 17.7 Å². The van der Waals surface area contributed by atoms with E-state index in [1.165, 1.54) is 6.07 Å². The standard InChI is InChI=1S/C25H26FN3O3/c26-21-7-2-1-4-18(21)14-27-24(31)19-13-23(30)29(15-19)20-8-9-22-17(12-20)10-11-28(22)25(32)16-5-3-6-16/h1-2,4,7-9,12,16,19H,3,5-6,10-11,13-15H2,(H,27,31)/t19-/m0/s1. The Bertz CT molecular complexity index is 1080. The molecule has 1 saturated heterocycles. The molecule has 2 aromatic rings. The molecule has 5 rings (SSSR count). The molecule has 1 N–H and O–H groups in total. The normalized spacial score (nSPS) is 20.3. The van der Waals surface area contributed by atoms with E-state index in [0.717, 1.165) is 42.6 Å². The summed E-state index contributed by atoms with van der Waals surface area (Å²) >= 11 is 0. The highest BCUT2D eigenvalue weighted by atomic mass is 19.1. The summed E-state index contributed by atoms with van der Waals surface area (Å²) in [6.07, 6.45) is 3.99. The predicted molar refractivity (Wildman–Crippen MR) is 119 cm³/mol. The molecule has 0 bridgehead atoms. The van der Waals surface area contributed by atoms with Crippen molar-refractivity contribution in [1.29, 1.82) is 0 Å². The summed E-state index contributed by atoms with van der Waals surface area (Å²) in [5.41, 5.74) is 3.18. The smallest absolute Gasteiger partial charge is 0.230 e. The zero-order valence-electron chi connectivity index (χ0n) is 17.9. The van der Waals surface area contributed by atoms with Gasteiger partial charge >= 0.3 is 0 Å². The van der Waals surface area contributed by atoms with E-state index >= 15 is 0 Å². The first kappa shape index (κ1) is 20.7. The number of nitrogens with zero attached hydrogens (tertiary/aromatic N) is 2. The Balaban J connectivity index is 1.24. The van der Waals surface area contributed by atoms with Gasteiger partial charge in [-0.3, -0.25) is 14.4 Å². The number of rotatable bonds is 5. The fraction of sp³-hybridized carbons (Fsp3) is 0.400. The van der Waals surface area contributed by atoms with Gasteiger partial charge in [-0.15, -0.1) is 0 Å². The molecule has 2 aliphatic heterocycles. The Kier molecular flexibility index (Phi) is 5.41. The Morgan fingerprint density at radius 1 is 1.09 bits per heavy atom. The first-order valence-electron chi connectivity index (χ1n) is 11.3. The topological polar surface area (TPSA) is 69.7 Å². The third-order valence-electron chi connectivity index (χ3n) is 6.90. The summed E-state index contributed by atoms with van der Waals surface area (Å²) in [7, 11) is 0. The molecule has 2 heterocycles. The number of fused-ring (bicyclic) bond motifs is 1. The van der Waals surface area contributed by atoms with Crippen LogP contribution in [-0.4, -0.2) is 30.8 Å². The highest BCUT2D eigenvalue weighted by Crippen LogP contribution is 2.37. The van der Waals surface area contributed by atoms with Crippen LogP contribution in [-0.2, 0) is 27.3 Å². The van der Waals surface area contributed by atoms with E-state index < -0.39 is 5.92 Å².